The maximum Gasteiger partial charge on any atom is 0.411 e. The molecule has 1 unspecified atom stereocenters. The highest BCUT2D eigenvalue weighted by molar-refractivity contribution is 5.75. The molecular formula is C11H18F3NO3. The first-order valence-corrected chi connectivity index (χ1v) is 5.90. The largest absolute Gasteiger partial charge is 0.481 e. The normalized spacial score (nSPS) is 19.6. The van der Waals surface area contributed by atoms with Crippen LogP contribution in [-0.2, 0) is 9.53 Å². The molecular weight excluding hydrogens is 251 g/mol. The lowest BCUT2D eigenvalue weighted by Crippen LogP contribution is -2.41. The molecule has 0 saturated heterocycles. The molecule has 0 aromatic carbocycles. The predicted molar refractivity (Wildman–Crippen MR) is 58.0 cm³/mol. The topological polar surface area (TPSA) is 72.5 Å². The second-order valence-electron chi connectivity index (χ2n) is 4.71. The van der Waals surface area contributed by atoms with Crippen molar-refractivity contribution in [3.05, 3.63) is 0 Å². The third kappa shape index (κ3) is 4.13. The average Bonchev–Trinajstić information content (AvgIpc) is 3.05. The van der Waals surface area contributed by atoms with Gasteiger partial charge >= 0.3 is 12.1 Å². The van der Waals surface area contributed by atoms with E-state index in [1.165, 1.54) is 0 Å². The van der Waals surface area contributed by atoms with E-state index in [2.05, 4.69) is 4.74 Å². The van der Waals surface area contributed by atoms with E-state index >= 15 is 0 Å². The number of rotatable bonds is 8. The van der Waals surface area contributed by atoms with E-state index in [9.17, 15) is 23.1 Å². The number of ether oxygens (including phenoxy) is 1. The van der Waals surface area contributed by atoms with Gasteiger partial charge in [-0.1, -0.05) is 0 Å². The van der Waals surface area contributed by atoms with Gasteiger partial charge in [0.1, 0.15) is 6.61 Å². The van der Waals surface area contributed by atoms with E-state index in [1.54, 1.807) is 0 Å². The number of halogens is 3. The molecule has 0 bridgehead atoms. The summed E-state index contributed by atoms with van der Waals surface area (Å²) < 4.78 is 39.9. The van der Waals surface area contributed by atoms with Crippen molar-refractivity contribution in [3.63, 3.8) is 0 Å². The van der Waals surface area contributed by atoms with Gasteiger partial charge in [-0.2, -0.15) is 13.2 Å². The Labute approximate surface area is 103 Å². The van der Waals surface area contributed by atoms with Gasteiger partial charge in [-0.15, -0.1) is 0 Å². The highest BCUT2D eigenvalue weighted by atomic mass is 19.4. The van der Waals surface area contributed by atoms with E-state index < -0.39 is 24.2 Å². The molecule has 1 atom stereocenters. The highest BCUT2D eigenvalue weighted by Crippen LogP contribution is 2.48. The van der Waals surface area contributed by atoms with Crippen LogP contribution in [0.4, 0.5) is 13.2 Å². The summed E-state index contributed by atoms with van der Waals surface area (Å²) in [6.07, 6.45) is -2.15. The van der Waals surface area contributed by atoms with Gasteiger partial charge < -0.3 is 15.6 Å². The number of carboxylic acid groups (broad SMARTS) is 1. The Kier molecular flexibility index (Phi) is 4.98. The average molecular weight is 269 g/mol. The summed E-state index contributed by atoms with van der Waals surface area (Å²) in [5.41, 5.74) is 4.55. The molecule has 18 heavy (non-hydrogen) atoms. The molecule has 0 aromatic heterocycles. The van der Waals surface area contributed by atoms with Gasteiger partial charge in [-0.3, -0.25) is 4.79 Å². The maximum absolute atomic E-state index is 11.8. The molecule has 106 valence electrons. The van der Waals surface area contributed by atoms with Crippen molar-refractivity contribution < 1.29 is 27.8 Å². The van der Waals surface area contributed by atoms with Crippen molar-refractivity contribution in [2.45, 2.75) is 31.9 Å². The van der Waals surface area contributed by atoms with Crippen molar-refractivity contribution in [1.29, 1.82) is 0 Å². The summed E-state index contributed by atoms with van der Waals surface area (Å²) in [5.74, 6) is -0.897. The smallest absolute Gasteiger partial charge is 0.411 e. The van der Waals surface area contributed by atoms with Crippen molar-refractivity contribution in [1.82, 2.24) is 0 Å². The fraction of sp³-hybridized carbons (Fsp3) is 0.909. The molecule has 0 radical (unpaired) electrons. The number of carboxylic acids is 1. The Balaban J connectivity index is 2.33. The Morgan fingerprint density at radius 2 is 2.00 bits per heavy atom. The van der Waals surface area contributed by atoms with Crippen LogP contribution >= 0.6 is 0 Å². The van der Waals surface area contributed by atoms with Crippen LogP contribution in [0.15, 0.2) is 0 Å². The van der Waals surface area contributed by atoms with Gasteiger partial charge in [0.05, 0.1) is 5.41 Å². The minimum absolute atomic E-state index is 0.0201. The fourth-order valence-corrected chi connectivity index (χ4v) is 2.16. The van der Waals surface area contributed by atoms with E-state index in [-0.39, 0.29) is 31.9 Å². The van der Waals surface area contributed by atoms with Gasteiger partial charge in [0, 0.05) is 13.2 Å². The first-order chi connectivity index (χ1) is 8.32. The number of hydrogen-bond acceptors (Lipinski definition) is 3. The standard InChI is InChI=1S/C11H18F3NO3/c12-11(13,14)7-18-5-1-4-10(6-15,9(16)17)8-2-3-8/h8H,1-7,15H2,(H,16,17). The van der Waals surface area contributed by atoms with Crippen LogP contribution in [0.25, 0.3) is 0 Å². The minimum atomic E-state index is -4.34. The third-order valence-corrected chi connectivity index (χ3v) is 3.33. The van der Waals surface area contributed by atoms with Gasteiger partial charge in [-0.25, -0.2) is 0 Å². The first kappa shape index (κ1) is 15.2. The molecule has 1 rings (SSSR count). The molecule has 1 aliphatic rings. The number of aliphatic carboxylic acids is 1. The number of hydrogen-bond donors (Lipinski definition) is 2. The quantitative estimate of drug-likeness (QED) is 0.659. The fourth-order valence-electron chi connectivity index (χ4n) is 2.16. The molecule has 1 fully saturated rings. The lowest BCUT2D eigenvalue weighted by molar-refractivity contribution is -0.175. The molecule has 0 amide bonds. The minimum Gasteiger partial charge on any atom is -0.481 e. The number of alkyl halides is 3. The monoisotopic (exact) mass is 269 g/mol. The molecule has 3 N–H and O–H groups in total. The van der Waals surface area contributed by atoms with Crippen molar-refractivity contribution in [2.24, 2.45) is 17.1 Å². The van der Waals surface area contributed by atoms with Crippen LogP contribution in [0.1, 0.15) is 25.7 Å². The SMILES string of the molecule is NCC(CCCOCC(F)(F)F)(C(=O)O)C1CC1. The van der Waals surface area contributed by atoms with Gasteiger partial charge in [-0.05, 0) is 31.6 Å². The van der Waals surface area contributed by atoms with Crippen LogP contribution in [-0.4, -0.2) is 37.0 Å². The molecule has 0 spiro atoms. The number of nitrogens with two attached hydrogens (primary N) is 1. The zero-order valence-electron chi connectivity index (χ0n) is 10.0. The lowest BCUT2D eigenvalue weighted by Gasteiger charge is -2.27. The lowest BCUT2D eigenvalue weighted by atomic mass is 9.78. The van der Waals surface area contributed by atoms with Gasteiger partial charge in [0.25, 0.3) is 0 Å². The second-order valence-corrected chi connectivity index (χ2v) is 4.71. The van der Waals surface area contributed by atoms with Crippen molar-refractivity contribution >= 4 is 5.97 Å². The zero-order chi connectivity index (χ0) is 13.8. The Morgan fingerprint density at radius 1 is 1.39 bits per heavy atom. The van der Waals surface area contributed by atoms with E-state index in [1.807, 2.05) is 0 Å². The Morgan fingerprint density at radius 3 is 2.39 bits per heavy atom. The third-order valence-electron chi connectivity index (χ3n) is 3.33. The van der Waals surface area contributed by atoms with E-state index in [4.69, 9.17) is 5.73 Å². The highest BCUT2D eigenvalue weighted by Gasteiger charge is 2.49. The Hall–Kier alpha value is -0.820. The summed E-state index contributed by atoms with van der Waals surface area (Å²) in [4.78, 5) is 11.3. The summed E-state index contributed by atoms with van der Waals surface area (Å²) >= 11 is 0. The van der Waals surface area contributed by atoms with E-state index in [0.29, 0.717) is 0 Å². The van der Waals surface area contributed by atoms with Crippen molar-refractivity contribution in [3.8, 4) is 0 Å². The van der Waals surface area contributed by atoms with Crippen LogP contribution < -0.4 is 5.73 Å². The van der Waals surface area contributed by atoms with Gasteiger partial charge in [0.2, 0.25) is 0 Å². The summed E-state index contributed by atoms with van der Waals surface area (Å²) in [6.45, 7) is -1.37. The molecule has 7 heteroatoms. The predicted octanol–water partition coefficient (Wildman–Crippen LogP) is 1.79. The maximum atomic E-state index is 11.8. The number of carbonyl (C=O) groups is 1. The molecule has 0 heterocycles. The van der Waals surface area contributed by atoms with Crippen LogP contribution in [0.3, 0.4) is 0 Å². The molecule has 1 aliphatic carbocycles. The zero-order valence-corrected chi connectivity index (χ0v) is 10.0. The van der Waals surface area contributed by atoms with Crippen molar-refractivity contribution in [2.75, 3.05) is 19.8 Å². The second kappa shape index (κ2) is 5.88. The summed E-state index contributed by atoms with van der Waals surface area (Å²) in [5, 5.41) is 9.22. The molecule has 4 nitrogen and oxygen atoms in total. The van der Waals surface area contributed by atoms with Crippen LogP contribution in [0.2, 0.25) is 0 Å². The van der Waals surface area contributed by atoms with Crippen LogP contribution in [0, 0.1) is 11.3 Å². The molecule has 0 aliphatic heterocycles. The molecule has 0 aromatic rings. The van der Waals surface area contributed by atoms with E-state index in [0.717, 1.165) is 12.8 Å². The van der Waals surface area contributed by atoms with Crippen LogP contribution in [0.5, 0.6) is 0 Å². The summed E-state index contributed by atoms with van der Waals surface area (Å²) in [6, 6.07) is 0. The first-order valence-electron chi connectivity index (χ1n) is 5.90. The Bertz CT molecular complexity index is 292. The molecule has 1 saturated carbocycles. The summed E-state index contributed by atoms with van der Waals surface area (Å²) in [7, 11) is 0. The van der Waals surface area contributed by atoms with Gasteiger partial charge in [0.15, 0.2) is 0 Å².